The van der Waals surface area contributed by atoms with E-state index in [1.807, 2.05) is 16.5 Å². The van der Waals surface area contributed by atoms with E-state index in [1.54, 1.807) is 7.05 Å². The Morgan fingerprint density at radius 2 is 1.81 bits per heavy atom. The summed E-state index contributed by atoms with van der Waals surface area (Å²) in [6.07, 6.45) is 0. The van der Waals surface area contributed by atoms with Crippen molar-refractivity contribution >= 4 is 22.8 Å². The van der Waals surface area contributed by atoms with Crippen LogP contribution in [0.5, 0.6) is 0 Å². The van der Waals surface area contributed by atoms with Crippen molar-refractivity contribution in [1.29, 1.82) is 0 Å². The molecule has 0 saturated carbocycles. The summed E-state index contributed by atoms with van der Waals surface area (Å²) in [4.78, 5) is 29.6. The quantitative estimate of drug-likeness (QED) is 0.688. The number of anilines is 1. The van der Waals surface area contributed by atoms with Crippen molar-refractivity contribution < 1.29 is 0 Å². The summed E-state index contributed by atoms with van der Waals surface area (Å²) in [5, 5.41) is 6.47. The standard InChI is InChI=1S/C19H22N6O2/c1-11-6-7-12(2)14(8-11)10-25-18-20-16-15(24(18)9-13(3)21-25)17(26)23(5)19(27)22(16)4/h6-8H,9-10H2,1-5H3. The first-order chi connectivity index (χ1) is 12.8. The second-order valence-corrected chi connectivity index (χ2v) is 7.20. The van der Waals surface area contributed by atoms with Gasteiger partial charge in [-0.2, -0.15) is 10.1 Å². The molecule has 0 fully saturated rings. The highest BCUT2D eigenvalue weighted by molar-refractivity contribution is 5.87. The third-order valence-corrected chi connectivity index (χ3v) is 5.06. The van der Waals surface area contributed by atoms with Crippen LogP contribution in [0.4, 0.5) is 5.95 Å². The van der Waals surface area contributed by atoms with E-state index in [1.165, 1.54) is 22.7 Å². The average molecular weight is 366 g/mol. The molecule has 0 N–H and O–H groups in total. The van der Waals surface area contributed by atoms with E-state index in [2.05, 4.69) is 42.1 Å². The van der Waals surface area contributed by atoms with Gasteiger partial charge in [-0.15, -0.1) is 0 Å². The highest BCUT2D eigenvalue weighted by atomic mass is 16.2. The van der Waals surface area contributed by atoms with Crippen LogP contribution in [0.25, 0.3) is 11.2 Å². The van der Waals surface area contributed by atoms with Crippen LogP contribution in [0.1, 0.15) is 23.6 Å². The molecule has 2 aromatic heterocycles. The molecule has 27 heavy (non-hydrogen) atoms. The van der Waals surface area contributed by atoms with Gasteiger partial charge < -0.3 is 0 Å². The van der Waals surface area contributed by atoms with Crippen molar-refractivity contribution in [2.45, 2.75) is 33.9 Å². The zero-order chi connectivity index (χ0) is 19.5. The number of fused-ring (bicyclic) bond motifs is 3. The van der Waals surface area contributed by atoms with Gasteiger partial charge >= 0.3 is 5.69 Å². The zero-order valence-corrected chi connectivity index (χ0v) is 16.1. The fourth-order valence-electron chi connectivity index (χ4n) is 3.53. The molecule has 0 saturated heterocycles. The molecule has 3 heterocycles. The predicted octanol–water partition coefficient (Wildman–Crippen LogP) is 1.45. The lowest BCUT2D eigenvalue weighted by molar-refractivity contribution is 0.698. The van der Waals surface area contributed by atoms with Crippen LogP contribution in [0.3, 0.4) is 0 Å². The monoisotopic (exact) mass is 366 g/mol. The Balaban J connectivity index is 1.93. The van der Waals surface area contributed by atoms with Crippen LogP contribution in [0, 0.1) is 13.8 Å². The molecule has 0 bridgehead atoms. The van der Waals surface area contributed by atoms with E-state index < -0.39 is 0 Å². The molecule has 8 nitrogen and oxygen atoms in total. The first-order valence-electron chi connectivity index (χ1n) is 8.82. The molecule has 0 atom stereocenters. The largest absolute Gasteiger partial charge is 0.332 e. The summed E-state index contributed by atoms with van der Waals surface area (Å²) in [5.74, 6) is 0.579. The smallest absolute Gasteiger partial charge is 0.297 e. The number of hydrazone groups is 1. The molecule has 1 aliphatic heterocycles. The highest BCUT2D eigenvalue weighted by Gasteiger charge is 2.26. The number of hydrogen-bond acceptors (Lipinski definition) is 5. The molecule has 0 amide bonds. The molecule has 0 radical (unpaired) electrons. The van der Waals surface area contributed by atoms with Crippen LogP contribution in [-0.2, 0) is 27.2 Å². The lowest BCUT2D eigenvalue weighted by Crippen LogP contribution is -2.38. The summed E-state index contributed by atoms with van der Waals surface area (Å²) >= 11 is 0. The third kappa shape index (κ3) is 2.59. The number of rotatable bonds is 2. The molecule has 1 aliphatic rings. The van der Waals surface area contributed by atoms with E-state index in [-0.39, 0.29) is 11.2 Å². The first kappa shape index (κ1) is 17.3. The van der Waals surface area contributed by atoms with Crippen molar-refractivity contribution in [3.8, 4) is 0 Å². The normalized spacial score (nSPS) is 13.8. The molecule has 0 aliphatic carbocycles. The number of imidazole rings is 1. The SMILES string of the molecule is CC1=NN(Cc2cc(C)ccc2C)c2nc3c(c(=O)n(C)c(=O)n3C)n2C1. The van der Waals surface area contributed by atoms with Crippen LogP contribution in [0.15, 0.2) is 32.9 Å². The van der Waals surface area contributed by atoms with Crippen LogP contribution < -0.4 is 16.3 Å². The summed E-state index contributed by atoms with van der Waals surface area (Å²) < 4.78 is 4.38. The van der Waals surface area contributed by atoms with Crippen LogP contribution >= 0.6 is 0 Å². The first-order valence-corrected chi connectivity index (χ1v) is 8.82. The van der Waals surface area contributed by atoms with Gasteiger partial charge in [0.2, 0.25) is 5.95 Å². The maximum Gasteiger partial charge on any atom is 0.332 e. The summed E-state index contributed by atoms with van der Waals surface area (Å²) in [6.45, 7) is 7.07. The molecule has 0 spiro atoms. The van der Waals surface area contributed by atoms with Gasteiger partial charge in [0.05, 0.1) is 18.8 Å². The Labute approximate surface area is 156 Å². The molecule has 4 rings (SSSR count). The topological polar surface area (TPSA) is 77.4 Å². The minimum absolute atomic E-state index is 0.340. The number of benzene rings is 1. The minimum atomic E-state index is -0.387. The number of aromatic nitrogens is 4. The Kier molecular flexibility index (Phi) is 3.80. The summed E-state index contributed by atoms with van der Waals surface area (Å²) in [5.41, 5.74) is 4.46. The lowest BCUT2D eigenvalue weighted by atomic mass is 10.1. The van der Waals surface area contributed by atoms with Gasteiger partial charge in [-0.05, 0) is 31.9 Å². The number of hydrogen-bond donors (Lipinski definition) is 0. The lowest BCUT2D eigenvalue weighted by Gasteiger charge is -2.25. The maximum absolute atomic E-state index is 12.7. The molecule has 3 aromatic rings. The molecule has 140 valence electrons. The van der Waals surface area contributed by atoms with Gasteiger partial charge in [0.15, 0.2) is 11.2 Å². The van der Waals surface area contributed by atoms with Gasteiger partial charge in [0.1, 0.15) is 0 Å². The van der Waals surface area contributed by atoms with Gasteiger partial charge in [0.25, 0.3) is 5.56 Å². The van der Waals surface area contributed by atoms with Crippen LogP contribution in [0.2, 0.25) is 0 Å². The second kappa shape index (κ2) is 5.94. The summed E-state index contributed by atoms with van der Waals surface area (Å²) in [6, 6.07) is 6.31. The fourth-order valence-corrected chi connectivity index (χ4v) is 3.53. The van der Waals surface area contributed by atoms with Gasteiger partial charge in [-0.25, -0.2) is 9.80 Å². The van der Waals surface area contributed by atoms with Crippen LogP contribution in [-0.4, -0.2) is 24.4 Å². The molecule has 0 unspecified atom stereocenters. The highest BCUT2D eigenvalue weighted by Crippen LogP contribution is 2.26. The van der Waals surface area contributed by atoms with E-state index in [0.29, 0.717) is 30.2 Å². The maximum atomic E-state index is 12.7. The van der Waals surface area contributed by atoms with Gasteiger partial charge in [-0.3, -0.25) is 18.5 Å². The fraction of sp³-hybridized carbons (Fsp3) is 0.368. The van der Waals surface area contributed by atoms with Crippen molar-refractivity contribution in [1.82, 2.24) is 18.7 Å². The van der Waals surface area contributed by atoms with E-state index in [9.17, 15) is 9.59 Å². The second-order valence-electron chi connectivity index (χ2n) is 7.20. The minimum Gasteiger partial charge on any atom is -0.297 e. The van der Waals surface area contributed by atoms with Gasteiger partial charge in [-0.1, -0.05) is 23.8 Å². The van der Waals surface area contributed by atoms with E-state index in [4.69, 9.17) is 0 Å². The van der Waals surface area contributed by atoms with Crippen molar-refractivity contribution in [3.63, 3.8) is 0 Å². The van der Waals surface area contributed by atoms with Crippen molar-refractivity contribution in [2.75, 3.05) is 5.01 Å². The average Bonchev–Trinajstić information content (AvgIpc) is 3.01. The molecular weight excluding hydrogens is 344 g/mol. The summed E-state index contributed by atoms with van der Waals surface area (Å²) in [7, 11) is 3.12. The van der Waals surface area contributed by atoms with Gasteiger partial charge in [0, 0.05) is 14.1 Å². The molecule has 1 aromatic carbocycles. The van der Waals surface area contributed by atoms with Crippen molar-refractivity contribution in [2.24, 2.45) is 19.2 Å². The zero-order valence-electron chi connectivity index (χ0n) is 16.1. The van der Waals surface area contributed by atoms with E-state index >= 15 is 0 Å². The number of aryl methyl sites for hydroxylation is 3. The third-order valence-electron chi connectivity index (χ3n) is 5.06. The van der Waals surface area contributed by atoms with Crippen molar-refractivity contribution in [3.05, 3.63) is 55.7 Å². The Hall–Kier alpha value is -3.16. The van der Waals surface area contributed by atoms with E-state index in [0.717, 1.165) is 15.8 Å². The Bertz CT molecular complexity index is 1230. The Morgan fingerprint density at radius 1 is 1.07 bits per heavy atom. The Morgan fingerprint density at radius 3 is 2.56 bits per heavy atom. The number of nitrogens with zero attached hydrogens (tertiary/aromatic N) is 6. The predicted molar refractivity (Wildman–Crippen MR) is 105 cm³/mol. The molecular formula is C19H22N6O2. The molecule has 8 heteroatoms.